The molecule has 0 aliphatic heterocycles. The highest BCUT2D eigenvalue weighted by Crippen LogP contribution is 2.22. The summed E-state index contributed by atoms with van der Waals surface area (Å²) < 4.78 is 18.2. The van der Waals surface area contributed by atoms with E-state index in [2.05, 4.69) is 0 Å². The van der Waals surface area contributed by atoms with E-state index in [0.717, 1.165) is 0 Å². The zero-order valence-electron chi connectivity index (χ0n) is 10.1. The van der Waals surface area contributed by atoms with Crippen molar-refractivity contribution in [1.29, 1.82) is 0 Å². The maximum absolute atomic E-state index is 13.4. The van der Waals surface area contributed by atoms with Crippen molar-refractivity contribution >= 4 is 5.78 Å². The van der Waals surface area contributed by atoms with Gasteiger partial charge < -0.3 is 4.74 Å². The molecule has 3 heteroatoms. The molecular weight excluding hydrogens is 207 g/mol. The fourth-order valence-corrected chi connectivity index (χ4v) is 1.39. The molecule has 0 saturated heterocycles. The van der Waals surface area contributed by atoms with Gasteiger partial charge in [0.25, 0.3) is 0 Å². The molecule has 0 bridgehead atoms. The number of ether oxygens (including phenoxy) is 1. The van der Waals surface area contributed by atoms with Crippen LogP contribution >= 0.6 is 0 Å². The SMILES string of the molecule is COc1ccc(C(=O)C(C)C(C)C)cc1F. The van der Waals surface area contributed by atoms with Crippen molar-refractivity contribution in [2.24, 2.45) is 11.8 Å². The van der Waals surface area contributed by atoms with Gasteiger partial charge in [-0.2, -0.15) is 0 Å². The Hall–Kier alpha value is -1.38. The van der Waals surface area contributed by atoms with Gasteiger partial charge in [0.2, 0.25) is 0 Å². The second-order valence-electron chi connectivity index (χ2n) is 4.25. The summed E-state index contributed by atoms with van der Waals surface area (Å²) in [5.41, 5.74) is 0.402. The summed E-state index contributed by atoms with van der Waals surface area (Å²) in [7, 11) is 1.40. The van der Waals surface area contributed by atoms with Crippen LogP contribution in [0.15, 0.2) is 18.2 Å². The molecule has 0 amide bonds. The number of carbonyl (C=O) groups excluding carboxylic acids is 1. The molecule has 0 N–H and O–H groups in total. The quantitative estimate of drug-likeness (QED) is 0.733. The van der Waals surface area contributed by atoms with E-state index in [-0.39, 0.29) is 23.4 Å². The van der Waals surface area contributed by atoms with Crippen molar-refractivity contribution in [2.75, 3.05) is 7.11 Å². The van der Waals surface area contributed by atoms with Gasteiger partial charge in [-0.05, 0) is 24.1 Å². The van der Waals surface area contributed by atoms with Crippen LogP contribution < -0.4 is 4.74 Å². The predicted molar refractivity (Wildman–Crippen MR) is 61.3 cm³/mol. The van der Waals surface area contributed by atoms with E-state index in [1.165, 1.54) is 19.2 Å². The molecule has 1 aromatic carbocycles. The number of ketones is 1. The van der Waals surface area contributed by atoms with Crippen LogP contribution in [0, 0.1) is 17.7 Å². The largest absolute Gasteiger partial charge is 0.494 e. The van der Waals surface area contributed by atoms with Crippen molar-refractivity contribution in [3.8, 4) is 5.75 Å². The van der Waals surface area contributed by atoms with Crippen molar-refractivity contribution < 1.29 is 13.9 Å². The molecule has 1 rings (SSSR count). The first-order chi connectivity index (χ1) is 7.47. The van der Waals surface area contributed by atoms with Crippen LogP contribution in [0.1, 0.15) is 31.1 Å². The molecule has 0 fully saturated rings. The normalized spacial score (nSPS) is 12.6. The van der Waals surface area contributed by atoms with E-state index >= 15 is 0 Å². The fourth-order valence-electron chi connectivity index (χ4n) is 1.39. The van der Waals surface area contributed by atoms with Crippen molar-refractivity contribution in [2.45, 2.75) is 20.8 Å². The Balaban J connectivity index is 2.97. The minimum absolute atomic E-state index is 0.0310. The highest BCUT2D eigenvalue weighted by Gasteiger charge is 2.19. The van der Waals surface area contributed by atoms with Crippen LogP contribution in [-0.2, 0) is 0 Å². The standard InChI is InChI=1S/C13H17FO2/c1-8(2)9(3)13(15)10-5-6-12(16-4)11(14)7-10/h5-9H,1-4H3. The van der Waals surface area contributed by atoms with E-state index in [0.29, 0.717) is 5.56 Å². The number of methoxy groups -OCH3 is 1. The minimum Gasteiger partial charge on any atom is -0.494 e. The van der Waals surface area contributed by atoms with Crippen LogP contribution in [0.25, 0.3) is 0 Å². The lowest BCUT2D eigenvalue weighted by molar-refractivity contribution is 0.0899. The van der Waals surface area contributed by atoms with Gasteiger partial charge in [0.15, 0.2) is 17.3 Å². The minimum atomic E-state index is -0.496. The third-order valence-electron chi connectivity index (χ3n) is 2.85. The molecule has 1 atom stereocenters. The number of rotatable bonds is 4. The van der Waals surface area contributed by atoms with E-state index < -0.39 is 5.82 Å². The molecule has 1 aromatic rings. The van der Waals surface area contributed by atoms with E-state index in [4.69, 9.17) is 4.74 Å². The molecule has 0 spiro atoms. The Morgan fingerprint density at radius 2 is 1.94 bits per heavy atom. The second kappa shape index (κ2) is 5.10. The van der Waals surface area contributed by atoms with E-state index in [1.807, 2.05) is 20.8 Å². The molecule has 16 heavy (non-hydrogen) atoms. The average Bonchev–Trinajstić information content (AvgIpc) is 2.26. The summed E-state index contributed by atoms with van der Waals surface area (Å²) in [6.07, 6.45) is 0. The predicted octanol–water partition coefficient (Wildman–Crippen LogP) is 3.31. The second-order valence-corrected chi connectivity index (χ2v) is 4.25. The molecule has 0 heterocycles. The van der Waals surface area contributed by atoms with Gasteiger partial charge in [0.1, 0.15) is 0 Å². The third kappa shape index (κ3) is 2.60. The van der Waals surface area contributed by atoms with Crippen molar-refractivity contribution in [3.05, 3.63) is 29.6 Å². The lowest BCUT2D eigenvalue weighted by Gasteiger charge is -2.14. The first-order valence-electron chi connectivity index (χ1n) is 5.35. The molecule has 1 unspecified atom stereocenters. The number of hydrogen-bond acceptors (Lipinski definition) is 2. The molecule has 2 nitrogen and oxygen atoms in total. The number of benzene rings is 1. The van der Waals surface area contributed by atoms with Crippen molar-refractivity contribution in [3.63, 3.8) is 0 Å². The zero-order valence-corrected chi connectivity index (χ0v) is 10.1. The first-order valence-corrected chi connectivity index (χ1v) is 5.35. The topological polar surface area (TPSA) is 26.3 Å². The summed E-state index contributed by atoms with van der Waals surface area (Å²) in [5.74, 6) is -0.222. The van der Waals surface area contributed by atoms with E-state index in [9.17, 15) is 9.18 Å². The highest BCUT2D eigenvalue weighted by molar-refractivity contribution is 5.97. The summed E-state index contributed by atoms with van der Waals surface area (Å²) in [6, 6.07) is 4.32. The molecular formula is C13H17FO2. The van der Waals surface area contributed by atoms with Crippen LogP contribution in [0.3, 0.4) is 0 Å². The molecule has 0 aliphatic carbocycles. The summed E-state index contributed by atoms with van der Waals surface area (Å²) in [5, 5.41) is 0. The third-order valence-corrected chi connectivity index (χ3v) is 2.85. The Morgan fingerprint density at radius 1 is 1.31 bits per heavy atom. The summed E-state index contributed by atoms with van der Waals surface area (Å²) in [4.78, 5) is 11.9. The van der Waals surface area contributed by atoms with Crippen LogP contribution in [-0.4, -0.2) is 12.9 Å². The summed E-state index contributed by atoms with van der Waals surface area (Å²) >= 11 is 0. The maximum atomic E-state index is 13.4. The molecule has 0 aliphatic rings. The first kappa shape index (κ1) is 12.7. The lowest BCUT2D eigenvalue weighted by Crippen LogP contribution is -2.17. The molecule has 88 valence electrons. The lowest BCUT2D eigenvalue weighted by atomic mass is 9.90. The van der Waals surface area contributed by atoms with Gasteiger partial charge in [0.05, 0.1) is 7.11 Å². The Morgan fingerprint density at radius 3 is 2.38 bits per heavy atom. The molecule has 0 aromatic heterocycles. The average molecular weight is 224 g/mol. The molecule has 0 radical (unpaired) electrons. The van der Waals surface area contributed by atoms with E-state index in [1.54, 1.807) is 6.07 Å². The Kier molecular flexibility index (Phi) is 4.05. The van der Waals surface area contributed by atoms with Crippen molar-refractivity contribution in [1.82, 2.24) is 0 Å². The maximum Gasteiger partial charge on any atom is 0.166 e. The fraction of sp³-hybridized carbons (Fsp3) is 0.462. The van der Waals surface area contributed by atoms with Gasteiger partial charge in [-0.15, -0.1) is 0 Å². The van der Waals surface area contributed by atoms with Gasteiger partial charge in [-0.3, -0.25) is 4.79 Å². The van der Waals surface area contributed by atoms with Crippen LogP contribution in [0.4, 0.5) is 4.39 Å². The van der Waals surface area contributed by atoms with Crippen LogP contribution in [0.5, 0.6) is 5.75 Å². The number of hydrogen-bond donors (Lipinski definition) is 0. The van der Waals surface area contributed by atoms with Crippen LogP contribution in [0.2, 0.25) is 0 Å². The Bertz CT molecular complexity index is 386. The number of Topliss-reactive ketones (excluding diaryl/α,β-unsaturated/α-hetero) is 1. The number of halogens is 1. The molecule has 0 saturated carbocycles. The van der Waals surface area contributed by atoms with Gasteiger partial charge in [-0.1, -0.05) is 20.8 Å². The summed E-state index contributed by atoms with van der Waals surface area (Å²) in [6.45, 7) is 5.81. The Labute approximate surface area is 95.4 Å². The highest BCUT2D eigenvalue weighted by atomic mass is 19.1. The number of carbonyl (C=O) groups is 1. The zero-order chi connectivity index (χ0) is 12.3. The van der Waals surface area contributed by atoms with Gasteiger partial charge >= 0.3 is 0 Å². The van der Waals surface area contributed by atoms with Gasteiger partial charge in [-0.25, -0.2) is 4.39 Å². The van der Waals surface area contributed by atoms with Gasteiger partial charge in [0, 0.05) is 11.5 Å². The smallest absolute Gasteiger partial charge is 0.166 e. The monoisotopic (exact) mass is 224 g/mol.